The monoisotopic (exact) mass is 322 g/mol. The number of hydrogen-bond acceptors (Lipinski definition) is 2. The van der Waals surface area contributed by atoms with Gasteiger partial charge in [0, 0.05) is 34.9 Å². The minimum absolute atomic E-state index is 0.335. The standard InChI is InChI=1S/C20H22N2O2/c1-2-22-17-7-4-3-6-15(17)16-12-14(9-10-18(16)22)13-21-11-5-8-19(21)20(23)24/h3-4,6-7,9-10,12,19H,2,5,8,11,13H2,1H3,(H,23,24). The van der Waals surface area contributed by atoms with Crippen molar-refractivity contribution < 1.29 is 9.90 Å². The van der Waals surface area contributed by atoms with E-state index in [1.807, 2.05) is 0 Å². The molecule has 1 saturated heterocycles. The van der Waals surface area contributed by atoms with Gasteiger partial charge >= 0.3 is 5.97 Å². The molecule has 0 aliphatic carbocycles. The highest BCUT2D eigenvalue weighted by molar-refractivity contribution is 6.08. The van der Waals surface area contributed by atoms with Crippen LogP contribution in [0.5, 0.6) is 0 Å². The Morgan fingerprint density at radius 1 is 1.17 bits per heavy atom. The van der Waals surface area contributed by atoms with Gasteiger partial charge in [0.15, 0.2) is 0 Å². The lowest BCUT2D eigenvalue weighted by Crippen LogP contribution is -2.35. The van der Waals surface area contributed by atoms with Crippen LogP contribution in [0.3, 0.4) is 0 Å². The average Bonchev–Trinajstić information content (AvgIpc) is 3.17. The molecule has 3 aromatic rings. The van der Waals surface area contributed by atoms with Crippen LogP contribution in [0.15, 0.2) is 42.5 Å². The van der Waals surface area contributed by atoms with Crippen LogP contribution in [0.4, 0.5) is 0 Å². The van der Waals surface area contributed by atoms with Gasteiger partial charge in [-0.15, -0.1) is 0 Å². The number of hydrogen-bond donors (Lipinski definition) is 1. The molecule has 2 heterocycles. The van der Waals surface area contributed by atoms with Crippen molar-refractivity contribution in [3.8, 4) is 0 Å². The molecule has 24 heavy (non-hydrogen) atoms. The minimum atomic E-state index is -0.698. The Bertz CT molecular complexity index is 913. The van der Waals surface area contributed by atoms with Gasteiger partial charge in [-0.1, -0.05) is 24.3 Å². The molecule has 4 rings (SSSR count). The van der Waals surface area contributed by atoms with Crippen LogP contribution in [-0.4, -0.2) is 33.1 Å². The van der Waals surface area contributed by atoms with Gasteiger partial charge in [-0.3, -0.25) is 9.69 Å². The smallest absolute Gasteiger partial charge is 0.320 e. The SMILES string of the molecule is CCn1c2ccccc2c2cc(CN3CCCC3C(=O)O)ccc21. The van der Waals surface area contributed by atoms with Crippen molar-refractivity contribution in [1.29, 1.82) is 0 Å². The normalized spacial score (nSPS) is 18.6. The van der Waals surface area contributed by atoms with Crippen LogP contribution in [0.2, 0.25) is 0 Å². The highest BCUT2D eigenvalue weighted by atomic mass is 16.4. The molecule has 4 nitrogen and oxygen atoms in total. The van der Waals surface area contributed by atoms with E-state index in [4.69, 9.17) is 0 Å². The van der Waals surface area contributed by atoms with Gasteiger partial charge in [-0.25, -0.2) is 0 Å². The molecular formula is C20H22N2O2. The zero-order valence-corrected chi connectivity index (χ0v) is 13.9. The molecular weight excluding hydrogens is 300 g/mol. The molecule has 1 aliphatic rings. The van der Waals surface area contributed by atoms with Crippen LogP contribution in [-0.2, 0) is 17.9 Å². The molecule has 124 valence electrons. The molecule has 2 aromatic carbocycles. The van der Waals surface area contributed by atoms with Crippen molar-refractivity contribution >= 4 is 27.8 Å². The van der Waals surface area contributed by atoms with Crippen LogP contribution in [0.1, 0.15) is 25.3 Å². The third-order valence-corrected chi connectivity index (χ3v) is 5.19. The first-order chi connectivity index (χ1) is 11.7. The van der Waals surface area contributed by atoms with E-state index in [-0.39, 0.29) is 6.04 Å². The Kier molecular flexibility index (Phi) is 3.77. The van der Waals surface area contributed by atoms with E-state index in [2.05, 4.69) is 58.9 Å². The fourth-order valence-corrected chi connectivity index (χ4v) is 4.07. The highest BCUT2D eigenvalue weighted by Gasteiger charge is 2.30. The maximum atomic E-state index is 11.4. The van der Waals surface area contributed by atoms with Gasteiger partial charge in [-0.05, 0) is 50.1 Å². The minimum Gasteiger partial charge on any atom is -0.480 e. The summed E-state index contributed by atoms with van der Waals surface area (Å²) in [7, 11) is 0. The molecule has 0 amide bonds. The summed E-state index contributed by atoms with van der Waals surface area (Å²) >= 11 is 0. The lowest BCUT2D eigenvalue weighted by atomic mass is 10.1. The number of carboxylic acids is 1. The molecule has 0 radical (unpaired) electrons. The number of rotatable bonds is 4. The van der Waals surface area contributed by atoms with Crippen molar-refractivity contribution in [2.75, 3.05) is 6.54 Å². The second-order valence-corrected chi connectivity index (χ2v) is 6.58. The number of likely N-dealkylation sites (tertiary alicyclic amines) is 1. The summed E-state index contributed by atoms with van der Waals surface area (Å²) in [4.78, 5) is 13.5. The maximum Gasteiger partial charge on any atom is 0.320 e. The molecule has 1 atom stereocenters. The Morgan fingerprint density at radius 3 is 2.75 bits per heavy atom. The maximum absolute atomic E-state index is 11.4. The summed E-state index contributed by atoms with van der Waals surface area (Å²) in [5.41, 5.74) is 3.70. The number of benzene rings is 2. The van der Waals surface area contributed by atoms with Crippen molar-refractivity contribution in [2.45, 2.75) is 38.9 Å². The van der Waals surface area contributed by atoms with Gasteiger partial charge in [0.2, 0.25) is 0 Å². The van der Waals surface area contributed by atoms with Crippen LogP contribution >= 0.6 is 0 Å². The Morgan fingerprint density at radius 2 is 1.96 bits per heavy atom. The third-order valence-electron chi connectivity index (χ3n) is 5.19. The molecule has 1 aliphatic heterocycles. The fourth-order valence-electron chi connectivity index (χ4n) is 4.07. The third kappa shape index (κ3) is 2.38. The summed E-state index contributed by atoms with van der Waals surface area (Å²) in [6.07, 6.45) is 1.72. The molecule has 1 unspecified atom stereocenters. The molecule has 0 saturated carbocycles. The van der Waals surface area contributed by atoms with Gasteiger partial charge in [-0.2, -0.15) is 0 Å². The quantitative estimate of drug-likeness (QED) is 0.793. The Labute approximate surface area is 141 Å². The average molecular weight is 322 g/mol. The Balaban J connectivity index is 1.76. The lowest BCUT2D eigenvalue weighted by Gasteiger charge is -2.21. The summed E-state index contributed by atoms with van der Waals surface area (Å²) in [5.74, 6) is -0.698. The van der Waals surface area contributed by atoms with Gasteiger partial charge < -0.3 is 9.67 Å². The number of nitrogens with zero attached hydrogens (tertiary/aromatic N) is 2. The number of fused-ring (bicyclic) bond motifs is 3. The first-order valence-corrected chi connectivity index (χ1v) is 8.65. The topological polar surface area (TPSA) is 45.5 Å². The number of aromatic nitrogens is 1. The first-order valence-electron chi connectivity index (χ1n) is 8.65. The van der Waals surface area contributed by atoms with E-state index in [1.54, 1.807) is 0 Å². The van der Waals surface area contributed by atoms with Crippen LogP contribution in [0.25, 0.3) is 21.8 Å². The van der Waals surface area contributed by atoms with E-state index in [0.29, 0.717) is 6.54 Å². The van der Waals surface area contributed by atoms with Crippen molar-refractivity contribution in [3.63, 3.8) is 0 Å². The number of aliphatic carboxylic acids is 1. The van der Waals surface area contributed by atoms with Gasteiger partial charge in [0.1, 0.15) is 6.04 Å². The van der Waals surface area contributed by atoms with Crippen molar-refractivity contribution in [1.82, 2.24) is 9.47 Å². The summed E-state index contributed by atoms with van der Waals surface area (Å²) in [6.45, 7) is 4.68. The first kappa shape index (κ1) is 15.2. The van der Waals surface area contributed by atoms with Crippen molar-refractivity contribution in [3.05, 3.63) is 48.0 Å². The van der Waals surface area contributed by atoms with Crippen LogP contribution in [0, 0.1) is 0 Å². The van der Waals surface area contributed by atoms with E-state index in [1.165, 1.54) is 27.4 Å². The molecule has 0 bridgehead atoms. The van der Waals surface area contributed by atoms with E-state index >= 15 is 0 Å². The van der Waals surface area contributed by atoms with E-state index in [9.17, 15) is 9.90 Å². The number of para-hydroxylation sites is 1. The Hall–Kier alpha value is -2.33. The molecule has 4 heteroatoms. The molecule has 1 fully saturated rings. The predicted molar refractivity (Wildman–Crippen MR) is 96.2 cm³/mol. The molecule has 0 spiro atoms. The number of carboxylic acid groups (broad SMARTS) is 1. The zero-order chi connectivity index (χ0) is 16.7. The summed E-state index contributed by atoms with van der Waals surface area (Å²) in [6, 6.07) is 14.7. The largest absolute Gasteiger partial charge is 0.480 e. The summed E-state index contributed by atoms with van der Waals surface area (Å²) in [5, 5.41) is 11.9. The second kappa shape index (κ2) is 5.95. The van der Waals surface area contributed by atoms with E-state index < -0.39 is 5.97 Å². The predicted octanol–water partition coefficient (Wildman–Crippen LogP) is 3.86. The molecule has 1 N–H and O–H groups in total. The van der Waals surface area contributed by atoms with Gasteiger partial charge in [0.25, 0.3) is 0 Å². The lowest BCUT2D eigenvalue weighted by molar-refractivity contribution is -0.142. The summed E-state index contributed by atoms with van der Waals surface area (Å²) < 4.78 is 2.34. The molecule has 1 aromatic heterocycles. The van der Waals surface area contributed by atoms with Crippen LogP contribution < -0.4 is 0 Å². The number of carbonyl (C=O) groups is 1. The van der Waals surface area contributed by atoms with Crippen molar-refractivity contribution in [2.24, 2.45) is 0 Å². The number of aryl methyl sites for hydroxylation is 1. The van der Waals surface area contributed by atoms with Gasteiger partial charge in [0.05, 0.1) is 0 Å². The zero-order valence-electron chi connectivity index (χ0n) is 13.9. The second-order valence-electron chi connectivity index (χ2n) is 6.58. The fraction of sp³-hybridized carbons (Fsp3) is 0.350. The van der Waals surface area contributed by atoms with E-state index in [0.717, 1.165) is 25.9 Å². The highest BCUT2D eigenvalue weighted by Crippen LogP contribution is 2.30.